The number of benzene rings is 2. The SMILES string of the molecule is COC(=O)c1ccc2c(c1)C[C@](C)(c1ccc(F)cc1)N2. The summed E-state index contributed by atoms with van der Waals surface area (Å²) in [6, 6.07) is 12.0. The number of halogens is 1. The summed E-state index contributed by atoms with van der Waals surface area (Å²) in [6.07, 6.45) is 0.735. The molecule has 0 aromatic heterocycles. The molecule has 3 rings (SSSR count). The lowest BCUT2D eigenvalue weighted by atomic mass is 9.89. The van der Waals surface area contributed by atoms with Crippen LogP contribution in [0.4, 0.5) is 10.1 Å². The highest BCUT2D eigenvalue weighted by molar-refractivity contribution is 5.90. The van der Waals surface area contributed by atoms with Crippen LogP contribution < -0.4 is 5.32 Å². The molecule has 0 radical (unpaired) electrons. The second kappa shape index (κ2) is 4.88. The number of carbonyl (C=O) groups is 1. The van der Waals surface area contributed by atoms with E-state index in [0.29, 0.717) is 5.56 Å². The van der Waals surface area contributed by atoms with Crippen molar-refractivity contribution in [1.82, 2.24) is 0 Å². The zero-order chi connectivity index (χ0) is 15.0. The molecule has 108 valence electrons. The van der Waals surface area contributed by atoms with Gasteiger partial charge in [-0.2, -0.15) is 0 Å². The fraction of sp³-hybridized carbons (Fsp3) is 0.235. The second-order valence-corrected chi connectivity index (χ2v) is 5.50. The van der Waals surface area contributed by atoms with E-state index < -0.39 is 0 Å². The van der Waals surface area contributed by atoms with Crippen LogP contribution in [-0.4, -0.2) is 13.1 Å². The maximum Gasteiger partial charge on any atom is 0.337 e. The predicted molar refractivity (Wildman–Crippen MR) is 78.9 cm³/mol. The van der Waals surface area contributed by atoms with Crippen LogP contribution in [0.3, 0.4) is 0 Å². The minimum absolute atomic E-state index is 0.245. The van der Waals surface area contributed by atoms with Crippen molar-refractivity contribution in [2.45, 2.75) is 18.9 Å². The largest absolute Gasteiger partial charge is 0.465 e. The summed E-state index contributed by atoms with van der Waals surface area (Å²) in [5.41, 5.74) is 3.31. The van der Waals surface area contributed by atoms with Gasteiger partial charge in [-0.25, -0.2) is 9.18 Å². The molecule has 1 aliphatic heterocycles. The lowest BCUT2D eigenvalue weighted by Gasteiger charge is -2.25. The quantitative estimate of drug-likeness (QED) is 0.858. The topological polar surface area (TPSA) is 38.3 Å². The molecule has 0 bridgehead atoms. The number of fused-ring (bicyclic) bond motifs is 1. The molecule has 1 N–H and O–H groups in total. The minimum atomic E-state index is -0.340. The molecule has 0 saturated heterocycles. The Morgan fingerprint density at radius 2 is 1.95 bits per heavy atom. The smallest absolute Gasteiger partial charge is 0.337 e. The van der Waals surface area contributed by atoms with E-state index in [4.69, 9.17) is 4.74 Å². The Morgan fingerprint density at radius 1 is 1.24 bits per heavy atom. The van der Waals surface area contributed by atoms with Crippen molar-refractivity contribution in [3.8, 4) is 0 Å². The fourth-order valence-electron chi connectivity index (χ4n) is 2.82. The molecule has 1 heterocycles. The number of carbonyl (C=O) groups excluding carboxylic acids is 1. The second-order valence-electron chi connectivity index (χ2n) is 5.50. The van der Waals surface area contributed by atoms with Gasteiger partial charge in [0, 0.05) is 12.1 Å². The van der Waals surface area contributed by atoms with E-state index in [9.17, 15) is 9.18 Å². The average molecular weight is 285 g/mol. The highest BCUT2D eigenvalue weighted by Gasteiger charge is 2.34. The first-order valence-electron chi connectivity index (χ1n) is 6.77. The third-order valence-corrected chi connectivity index (χ3v) is 3.96. The van der Waals surface area contributed by atoms with Gasteiger partial charge in [-0.05, 0) is 48.4 Å². The van der Waals surface area contributed by atoms with Crippen LogP contribution in [-0.2, 0) is 16.7 Å². The summed E-state index contributed by atoms with van der Waals surface area (Å²) >= 11 is 0. The highest BCUT2D eigenvalue weighted by atomic mass is 19.1. The van der Waals surface area contributed by atoms with Gasteiger partial charge in [-0.1, -0.05) is 12.1 Å². The van der Waals surface area contributed by atoms with Crippen LogP contribution in [0.25, 0.3) is 0 Å². The standard InChI is InChI=1S/C17H16FNO2/c1-17(13-4-6-14(18)7-5-13)10-12-9-11(16(20)21-2)3-8-15(12)19-17/h3-9,19H,10H2,1-2H3/t17-/m1/s1. The van der Waals surface area contributed by atoms with Gasteiger partial charge in [0.2, 0.25) is 0 Å². The summed E-state index contributed by atoms with van der Waals surface area (Å²) in [5.74, 6) is -0.584. The van der Waals surface area contributed by atoms with Gasteiger partial charge in [0.05, 0.1) is 18.2 Å². The van der Waals surface area contributed by atoms with Crippen LogP contribution in [0.15, 0.2) is 42.5 Å². The van der Waals surface area contributed by atoms with Crippen molar-refractivity contribution >= 4 is 11.7 Å². The van der Waals surface area contributed by atoms with E-state index in [-0.39, 0.29) is 17.3 Å². The molecule has 1 atom stereocenters. The molecule has 2 aromatic carbocycles. The van der Waals surface area contributed by atoms with Crippen molar-refractivity contribution in [3.63, 3.8) is 0 Å². The lowest BCUT2D eigenvalue weighted by molar-refractivity contribution is 0.0600. The Balaban J connectivity index is 1.93. The molecule has 3 nitrogen and oxygen atoms in total. The molecule has 0 fully saturated rings. The predicted octanol–water partition coefficient (Wildman–Crippen LogP) is 3.50. The molecular formula is C17H16FNO2. The zero-order valence-corrected chi connectivity index (χ0v) is 11.9. The van der Waals surface area contributed by atoms with Crippen molar-refractivity contribution in [1.29, 1.82) is 0 Å². The zero-order valence-electron chi connectivity index (χ0n) is 11.9. The Bertz CT molecular complexity index is 696. The number of methoxy groups -OCH3 is 1. The summed E-state index contributed by atoms with van der Waals surface area (Å²) in [4.78, 5) is 11.6. The Hall–Kier alpha value is -2.36. The summed E-state index contributed by atoms with van der Waals surface area (Å²) < 4.78 is 17.8. The van der Waals surface area contributed by atoms with Gasteiger partial charge in [0.15, 0.2) is 0 Å². The molecule has 0 amide bonds. The normalized spacial score (nSPS) is 19.8. The molecule has 0 saturated carbocycles. The first kappa shape index (κ1) is 13.6. The van der Waals surface area contributed by atoms with Crippen LogP contribution in [0, 0.1) is 5.82 Å². The summed E-state index contributed by atoms with van der Waals surface area (Å²) in [6.45, 7) is 2.07. The molecule has 0 aliphatic carbocycles. The lowest BCUT2D eigenvalue weighted by Crippen LogP contribution is -2.28. The van der Waals surface area contributed by atoms with E-state index >= 15 is 0 Å². The van der Waals surface area contributed by atoms with Crippen LogP contribution in [0.2, 0.25) is 0 Å². The molecule has 1 aliphatic rings. The highest BCUT2D eigenvalue weighted by Crippen LogP contribution is 2.39. The first-order valence-corrected chi connectivity index (χ1v) is 6.77. The first-order chi connectivity index (χ1) is 10.0. The van der Waals surface area contributed by atoms with Gasteiger partial charge < -0.3 is 10.1 Å². The van der Waals surface area contributed by atoms with Crippen LogP contribution in [0.1, 0.15) is 28.4 Å². The van der Waals surface area contributed by atoms with Gasteiger partial charge in [-0.15, -0.1) is 0 Å². The van der Waals surface area contributed by atoms with E-state index in [1.165, 1.54) is 19.2 Å². The molecule has 0 unspecified atom stereocenters. The number of anilines is 1. The van der Waals surface area contributed by atoms with Crippen LogP contribution in [0.5, 0.6) is 0 Å². The molecule has 4 heteroatoms. The molecule has 2 aromatic rings. The number of esters is 1. The minimum Gasteiger partial charge on any atom is -0.465 e. The van der Waals surface area contributed by atoms with Gasteiger partial charge in [0.25, 0.3) is 0 Å². The average Bonchev–Trinajstić information content (AvgIpc) is 2.83. The number of hydrogen-bond acceptors (Lipinski definition) is 3. The Labute approximate surface area is 122 Å². The van der Waals surface area contributed by atoms with Crippen LogP contribution >= 0.6 is 0 Å². The fourth-order valence-corrected chi connectivity index (χ4v) is 2.82. The summed E-state index contributed by atoms with van der Waals surface area (Å²) in [7, 11) is 1.37. The van der Waals surface area contributed by atoms with Gasteiger partial charge in [0.1, 0.15) is 5.82 Å². The number of hydrogen-bond donors (Lipinski definition) is 1. The van der Waals surface area contributed by atoms with Crippen molar-refractivity contribution in [2.75, 3.05) is 12.4 Å². The van der Waals surface area contributed by atoms with Crippen molar-refractivity contribution in [2.24, 2.45) is 0 Å². The Morgan fingerprint density at radius 3 is 2.62 bits per heavy atom. The van der Waals surface area contributed by atoms with Crippen molar-refractivity contribution in [3.05, 3.63) is 65.0 Å². The molecular weight excluding hydrogens is 269 g/mol. The Kier molecular flexibility index (Phi) is 3.16. The summed E-state index contributed by atoms with van der Waals surface area (Å²) in [5, 5.41) is 3.46. The number of ether oxygens (including phenoxy) is 1. The van der Waals surface area contributed by atoms with E-state index in [2.05, 4.69) is 12.2 Å². The van der Waals surface area contributed by atoms with Gasteiger partial charge in [-0.3, -0.25) is 0 Å². The molecule has 21 heavy (non-hydrogen) atoms. The maximum absolute atomic E-state index is 13.1. The maximum atomic E-state index is 13.1. The number of rotatable bonds is 2. The third kappa shape index (κ3) is 2.37. The molecule has 0 spiro atoms. The van der Waals surface area contributed by atoms with Gasteiger partial charge >= 0.3 is 5.97 Å². The third-order valence-electron chi connectivity index (χ3n) is 3.96. The van der Waals surface area contributed by atoms with E-state index in [1.807, 2.05) is 12.1 Å². The van der Waals surface area contributed by atoms with E-state index in [0.717, 1.165) is 23.2 Å². The monoisotopic (exact) mass is 285 g/mol. The van der Waals surface area contributed by atoms with Crippen molar-refractivity contribution < 1.29 is 13.9 Å². The van der Waals surface area contributed by atoms with E-state index in [1.54, 1.807) is 18.2 Å². The number of nitrogens with one attached hydrogen (secondary N) is 1.